The highest BCUT2D eigenvalue weighted by Gasteiger charge is 2.38. The van der Waals surface area contributed by atoms with Gasteiger partial charge in [0.05, 0.1) is 6.61 Å². The highest BCUT2D eigenvalue weighted by Crippen LogP contribution is 2.35. The molecule has 1 heterocycles. The number of likely N-dealkylation sites (N-methyl/N-ethyl adjacent to an activating group) is 1. The van der Waals surface area contributed by atoms with Gasteiger partial charge in [-0.1, -0.05) is 31.6 Å². The number of ether oxygens (including phenoxy) is 1. The molecule has 0 radical (unpaired) electrons. The van der Waals surface area contributed by atoms with E-state index in [-0.39, 0.29) is 23.5 Å². The number of hydrogen-bond donors (Lipinski definition) is 1. The van der Waals surface area contributed by atoms with Crippen LogP contribution in [0.5, 0.6) is 5.75 Å². The zero-order valence-corrected chi connectivity index (χ0v) is 21.0. The smallest absolute Gasteiger partial charge is 0.247 e. The number of fused-ring (bicyclic) bond motifs is 1. The van der Waals surface area contributed by atoms with Crippen LogP contribution in [-0.4, -0.2) is 68.2 Å². The number of hydrogen-bond acceptors (Lipinski definition) is 5. The summed E-state index contributed by atoms with van der Waals surface area (Å²) in [5, 5.41) is 9.79. The average molecular weight is 475 g/mol. The molecular weight excluding hydrogens is 436 g/mol. The lowest BCUT2D eigenvalue weighted by molar-refractivity contribution is 0.0740. The molecule has 0 bridgehead atoms. The van der Waals surface area contributed by atoms with Crippen molar-refractivity contribution in [2.24, 2.45) is 17.8 Å². The second-order valence-corrected chi connectivity index (χ2v) is 12.2. The molecule has 6 nitrogen and oxygen atoms in total. The van der Waals surface area contributed by atoms with Crippen molar-refractivity contribution in [3.63, 3.8) is 0 Å². The van der Waals surface area contributed by atoms with Gasteiger partial charge in [0.15, 0.2) is 0 Å². The Labute approximate surface area is 199 Å². The zero-order chi connectivity index (χ0) is 23.6. The zero-order valence-electron chi connectivity index (χ0n) is 20.2. The number of sulfonamides is 1. The van der Waals surface area contributed by atoms with Gasteiger partial charge in [-0.25, -0.2) is 8.42 Å². The van der Waals surface area contributed by atoms with Gasteiger partial charge in [0.25, 0.3) is 0 Å². The average Bonchev–Trinajstić information content (AvgIpc) is 3.43. The molecule has 2 aliphatic carbocycles. The normalized spacial score (nSPS) is 26.6. The summed E-state index contributed by atoms with van der Waals surface area (Å²) in [6.45, 7) is 5.66. The molecule has 3 atom stereocenters. The van der Waals surface area contributed by atoms with Crippen LogP contribution in [0.15, 0.2) is 23.1 Å². The van der Waals surface area contributed by atoms with Crippen LogP contribution >= 0.6 is 0 Å². The van der Waals surface area contributed by atoms with Gasteiger partial charge in [-0.15, -0.1) is 0 Å². The van der Waals surface area contributed by atoms with Crippen LogP contribution in [0, 0.1) is 29.6 Å². The molecule has 2 saturated carbocycles. The fraction of sp³-hybridized carbons (Fsp3) is 0.692. The summed E-state index contributed by atoms with van der Waals surface area (Å²) in [6.07, 6.45) is 7.17. The van der Waals surface area contributed by atoms with Gasteiger partial charge >= 0.3 is 0 Å². The Bertz CT molecular complexity index is 989. The first-order valence-corrected chi connectivity index (χ1v) is 13.9. The molecule has 33 heavy (non-hydrogen) atoms. The van der Waals surface area contributed by atoms with E-state index in [2.05, 4.69) is 23.8 Å². The van der Waals surface area contributed by atoms with Crippen LogP contribution in [0.25, 0.3) is 0 Å². The van der Waals surface area contributed by atoms with Crippen molar-refractivity contribution in [2.45, 2.75) is 69.4 Å². The molecule has 3 aliphatic rings. The van der Waals surface area contributed by atoms with Crippen molar-refractivity contribution >= 4 is 10.0 Å². The minimum Gasteiger partial charge on any atom is -0.487 e. The third kappa shape index (κ3) is 5.92. The first kappa shape index (κ1) is 24.5. The standard InChI is InChI=1S/C26H38N2O4S/c1-19-15-28(20(2)18-29)33(30,31)26-13-12-22(9-8-21-6-4-5-7-21)14-24(26)32-25(19)17-27(3)16-23-10-11-23/h12-14,19-21,23,25,29H,4-7,10-11,15-18H2,1-3H3/t19-,20-,25-/m0/s1. The van der Waals surface area contributed by atoms with E-state index < -0.39 is 16.1 Å². The van der Waals surface area contributed by atoms with Crippen LogP contribution in [0.1, 0.15) is 57.9 Å². The summed E-state index contributed by atoms with van der Waals surface area (Å²) < 4.78 is 35.0. The molecule has 0 amide bonds. The van der Waals surface area contributed by atoms with E-state index in [0.717, 1.165) is 37.4 Å². The van der Waals surface area contributed by atoms with Crippen LogP contribution in [0.3, 0.4) is 0 Å². The van der Waals surface area contributed by atoms with Crippen molar-refractivity contribution in [2.75, 3.05) is 33.3 Å². The van der Waals surface area contributed by atoms with Gasteiger partial charge < -0.3 is 14.7 Å². The second kappa shape index (κ2) is 10.4. The Kier molecular flexibility index (Phi) is 7.69. The monoisotopic (exact) mass is 474 g/mol. The van der Waals surface area contributed by atoms with Crippen LogP contribution < -0.4 is 4.74 Å². The Morgan fingerprint density at radius 2 is 1.94 bits per heavy atom. The Morgan fingerprint density at radius 1 is 1.21 bits per heavy atom. The minimum atomic E-state index is -3.81. The van der Waals surface area contributed by atoms with Crippen LogP contribution in [-0.2, 0) is 10.0 Å². The lowest BCUT2D eigenvalue weighted by Crippen LogP contribution is -2.49. The largest absolute Gasteiger partial charge is 0.487 e. The van der Waals surface area contributed by atoms with Gasteiger partial charge in [-0.05, 0) is 63.8 Å². The predicted octanol–water partition coefficient (Wildman–Crippen LogP) is 3.34. The molecule has 0 saturated heterocycles. The van der Waals surface area contributed by atoms with E-state index in [1.807, 2.05) is 6.92 Å². The molecule has 0 aromatic heterocycles. The van der Waals surface area contributed by atoms with Crippen LogP contribution in [0.4, 0.5) is 0 Å². The predicted molar refractivity (Wildman–Crippen MR) is 130 cm³/mol. The number of nitrogens with zero attached hydrogens (tertiary/aromatic N) is 2. The van der Waals surface area contributed by atoms with E-state index in [1.54, 1.807) is 25.1 Å². The quantitative estimate of drug-likeness (QED) is 0.641. The van der Waals surface area contributed by atoms with E-state index in [0.29, 0.717) is 18.2 Å². The van der Waals surface area contributed by atoms with E-state index in [9.17, 15) is 13.5 Å². The van der Waals surface area contributed by atoms with Gasteiger partial charge in [0, 0.05) is 43.1 Å². The number of aliphatic hydroxyl groups is 1. The van der Waals surface area contributed by atoms with Gasteiger partial charge in [0.2, 0.25) is 10.0 Å². The summed E-state index contributed by atoms with van der Waals surface area (Å²) in [6, 6.07) is 4.70. The Hall–Kier alpha value is -1.59. The van der Waals surface area contributed by atoms with Crippen LogP contribution in [0.2, 0.25) is 0 Å². The maximum Gasteiger partial charge on any atom is 0.247 e. The molecule has 4 rings (SSSR count). The third-order valence-corrected chi connectivity index (χ3v) is 9.22. The highest BCUT2D eigenvalue weighted by atomic mass is 32.2. The number of benzene rings is 1. The summed E-state index contributed by atoms with van der Waals surface area (Å²) in [5.74, 6) is 8.17. The molecule has 1 aromatic carbocycles. The molecule has 1 N–H and O–H groups in total. The summed E-state index contributed by atoms with van der Waals surface area (Å²) in [7, 11) is -1.70. The lowest BCUT2D eigenvalue weighted by Gasteiger charge is -2.37. The fourth-order valence-electron chi connectivity index (χ4n) is 4.90. The molecular formula is C26H38N2O4S. The molecule has 2 fully saturated rings. The first-order valence-electron chi connectivity index (χ1n) is 12.4. The van der Waals surface area contributed by atoms with Gasteiger partial charge in [-0.2, -0.15) is 4.31 Å². The van der Waals surface area contributed by atoms with E-state index in [1.165, 1.54) is 30.0 Å². The summed E-state index contributed by atoms with van der Waals surface area (Å²) >= 11 is 0. The molecule has 1 aromatic rings. The first-order chi connectivity index (χ1) is 15.8. The number of aliphatic hydroxyl groups excluding tert-OH is 1. The van der Waals surface area contributed by atoms with Crippen molar-refractivity contribution in [3.8, 4) is 17.6 Å². The van der Waals surface area contributed by atoms with Gasteiger partial charge in [-0.3, -0.25) is 0 Å². The van der Waals surface area contributed by atoms with Crippen molar-refractivity contribution < 1.29 is 18.3 Å². The molecule has 0 spiro atoms. The maximum atomic E-state index is 13.6. The van der Waals surface area contributed by atoms with Gasteiger partial charge in [0.1, 0.15) is 16.7 Å². The van der Waals surface area contributed by atoms with Crippen molar-refractivity contribution in [3.05, 3.63) is 23.8 Å². The molecule has 1 aliphatic heterocycles. The van der Waals surface area contributed by atoms with E-state index >= 15 is 0 Å². The van der Waals surface area contributed by atoms with Crippen molar-refractivity contribution in [1.82, 2.24) is 9.21 Å². The number of rotatable bonds is 6. The second-order valence-electron chi connectivity index (χ2n) is 10.3. The summed E-state index contributed by atoms with van der Waals surface area (Å²) in [4.78, 5) is 2.47. The molecule has 182 valence electrons. The summed E-state index contributed by atoms with van der Waals surface area (Å²) in [5.41, 5.74) is 0.788. The highest BCUT2D eigenvalue weighted by molar-refractivity contribution is 7.89. The van der Waals surface area contributed by atoms with E-state index in [4.69, 9.17) is 4.74 Å². The van der Waals surface area contributed by atoms with Crippen molar-refractivity contribution in [1.29, 1.82) is 0 Å². The fourth-order valence-corrected chi connectivity index (χ4v) is 6.73. The minimum absolute atomic E-state index is 0.0307. The third-order valence-electron chi connectivity index (χ3n) is 7.20. The molecule has 7 heteroatoms. The Balaban J connectivity index is 1.67. The topological polar surface area (TPSA) is 70.1 Å². The Morgan fingerprint density at radius 3 is 2.61 bits per heavy atom. The lowest BCUT2D eigenvalue weighted by atomic mass is 10.0. The maximum absolute atomic E-state index is 13.6. The molecule has 0 unspecified atom stereocenters. The SMILES string of the molecule is C[C@H]1CN([C@@H](C)CO)S(=O)(=O)c2ccc(C#CC3CCCC3)cc2O[C@H]1CN(C)CC1CC1.